The summed E-state index contributed by atoms with van der Waals surface area (Å²) in [6.45, 7) is 2.22. The first-order valence-electron chi connectivity index (χ1n) is 6.59. The molecule has 18 heavy (non-hydrogen) atoms. The third-order valence-corrected chi connectivity index (χ3v) is 4.55. The first kappa shape index (κ1) is 13.8. The Morgan fingerprint density at radius 1 is 1.17 bits per heavy atom. The fourth-order valence-electron chi connectivity index (χ4n) is 2.68. The number of nitrogens with one attached hydrogen (secondary N) is 1. The van der Waals surface area contributed by atoms with Crippen molar-refractivity contribution in [3.05, 3.63) is 22.2 Å². The maximum absolute atomic E-state index is 6.03. The molecular formula is C14H20Cl2N2. The molecule has 100 valence electrons. The number of rotatable bonds is 3. The highest BCUT2D eigenvalue weighted by molar-refractivity contribution is 6.42. The van der Waals surface area contributed by atoms with Gasteiger partial charge in [-0.3, -0.25) is 0 Å². The third kappa shape index (κ3) is 3.24. The second-order valence-electron chi connectivity index (χ2n) is 5.18. The van der Waals surface area contributed by atoms with Crippen molar-refractivity contribution in [2.45, 2.75) is 45.1 Å². The Morgan fingerprint density at radius 3 is 2.44 bits per heavy atom. The van der Waals surface area contributed by atoms with Crippen molar-refractivity contribution in [2.75, 3.05) is 11.1 Å². The molecule has 0 spiro atoms. The van der Waals surface area contributed by atoms with Gasteiger partial charge in [-0.2, -0.15) is 0 Å². The number of hydrogen-bond donors (Lipinski definition) is 2. The lowest BCUT2D eigenvalue weighted by Crippen LogP contribution is -2.28. The van der Waals surface area contributed by atoms with E-state index in [1.165, 1.54) is 32.1 Å². The van der Waals surface area contributed by atoms with Crippen molar-refractivity contribution < 1.29 is 0 Å². The maximum atomic E-state index is 6.03. The zero-order valence-electron chi connectivity index (χ0n) is 10.7. The topological polar surface area (TPSA) is 38.0 Å². The van der Waals surface area contributed by atoms with Crippen LogP contribution in [0.5, 0.6) is 0 Å². The molecule has 1 saturated carbocycles. The van der Waals surface area contributed by atoms with E-state index in [2.05, 4.69) is 12.2 Å². The van der Waals surface area contributed by atoms with Crippen LogP contribution in [0, 0.1) is 5.92 Å². The minimum Gasteiger partial charge on any atom is -0.397 e. The number of halogens is 2. The molecule has 1 unspecified atom stereocenters. The first-order valence-corrected chi connectivity index (χ1v) is 7.34. The SMILES string of the molecule is CC(Nc1cc(Cl)c(Cl)cc1N)C1CCCCC1. The average Bonchev–Trinajstić information content (AvgIpc) is 2.37. The van der Waals surface area contributed by atoms with E-state index in [0.717, 1.165) is 11.6 Å². The van der Waals surface area contributed by atoms with Crippen molar-refractivity contribution in [1.82, 2.24) is 0 Å². The lowest BCUT2D eigenvalue weighted by atomic mass is 9.84. The molecule has 1 aromatic carbocycles. The summed E-state index contributed by atoms with van der Waals surface area (Å²) in [4.78, 5) is 0. The normalized spacial score (nSPS) is 18.6. The van der Waals surface area contributed by atoms with Gasteiger partial charge in [0.1, 0.15) is 0 Å². The van der Waals surface area contributed by atoms with Gasteiger partial charge >= 0.3 is 0 Å². The van der Waals surface area contributed by atoms with Crippen molar-refractivity contribution in [3.63, 3.8) is 0 Å². The Hall–Kier alpha value is -0.600. The van der Waals surface area contributed by atoms with Gasteiger partial charge in [0.25, 0.3) is 0 Å². The molecule has 4 heteroatoms. The molecule has 0 saturated heterocycles. The molecule has 0 amide bonds. The lowest BCUT2D eigenvalue weighted by Gasteiger charge is -2.29. The van der Waals surface area contributed by atoms with E-state index in [1.807, 2.05) is 6.07 Å². The lowest BCUT2D eigenvalue weighted by molar-refractivity contribution is 0.328. The molecular weight excluding hydrogens is 267 g/mol. The molecule has 1 aliphatic rings. The van der Waals surface area contributed by atoms with E-state index in [9.17, 15) is 0 Å². The van der Waals surface area contributed by atoms with Crippen LogP contribution in [0.4, 0.5) is 11.4 Å². The predicted octanol–water partition coefficient (Wildman–Crippen LogP) is 4.96. The second-order valence-corrected chi connectivity index (χ2v) is 6.00. The summed E-state index contributed by atoms with van der Waals surface area (Å²) >= 11 is 12.0. The molecule has 2 rings (SSSR count). The number of nitrogen functional groups attached to an aromatic ring is 1. The van der Waals surface area contributed by atoms with Gasteiger partial charge in [0.05, 0.1) is 21.4 Å². The average molecular weight is 287 g/mol. The highest BCUT2D eigenvalue weighted by Gasteiger charge is 2.20. The Bertz CT molecular complexity index is 415. The van der Waals surface area contributed by atoms with Gasteiger partial charge in [0.15, 0.2) is 0 Å². The molecule has 0 heterocycles. The Balaban J connectivity index is 2.06. The van der Waals surface area contributed by atoms with Crippen LogP contribution in [0.2, 0.25) is 10.0 Å². The number of anilines is 2. The van der Waals surface area contributed by atoms with Crippen molar-refractivity contribution in [2.24, 2.45) is 5.92 Å². The van der Waals surface area contributed by atoms with Crippen LogP contribution in [0.3, 0.4) is 0 Å². The fourth-order valence-corrected chi connectivity index (χ4v) is 3.02. The summed E-state index contributed by atoms with van der Waals surface area (Å²) in [5.41, 5.74) is 7.51. The standard InChI is InChI=1S/C14H20Cl2N2/c1-9(10-5-3-2-4-6-10)18-14-8-12(16)11(15)7-13(14)17/h7-10,18H,2-6,17H2,1H3. The van der Waals surface area contributed by atoms with Crippen LogP contribution in [0.25, 0.3) is 0 Å². The van der Waals surface area contributed by atoms with Crippen LogP contribution >= 0.6 is 23.2 Å². The quantitative estimate of drug-likeness (QED) is 0.771. The molecule has 0 radical (unpaired) electrons. The number of nitrogens with two attached hydrogens (primary N) is 1. The van der Waals surface area contributed by atoms with Gasteiger partial charge in [0.2, 0.25) is 0 Å². The van der Waals surface area contributed by atoms with Crippen molar-refractivity contribution in [3.8, 4) is 0 Å². The number of benzene rings is 1. The molecule has 1 fully saturated rings. The van der Waals surface area contributed by atoms with E-state index in [4.69, 9.17) is 28.9 Å². The van der Waals surface area contributed by atoms with Crippen molar-refractivity contribution in [1.29, 1.82) is 0 Å². The van der Waals surface area contributed by atoms with Gasteiger partial charge in [-0.25, -0.2) is 0 Å². The summed E-state index contributed by atoms with van der Waals surface area (Å²) < 4.78 is 0. The summed E-state index contributed by atoms with van der Waals surface area (Å²) in [6, 6.07) is 3.95. The zero-order valence-corrected chi connectivity index (χ0v) is 12.2. The Morgan fingerprint density at radius 2 is 1.78 bits per heavy atom. The summed E-state index contributed by atoms with van der Waals surface area (Å²) in [6.07, 6.45) is 6.66. The van der Waals surface area contributed by atoms with E-state index in [0.29, 0.717) is 21.8 Å². The summed E-state index contributed by atoms with van der Waals surface area (Å²) in [5.74, 6) is 0.729. The van der Waals surface area contributed by atoms with Gasteiger partial charge in [0, 0.05) is 6.04 Å². The molecule has 0 aliphatic heterocycles. The minimum atomic E-state index is 0.421. The highest BCUT2D eigenvalue weighted by Crippen LogP contribution is 2.33. The summed E-state index contributed by atoms with van der Waals surface area (Å²) in [5, 5.41) is 4.53. The molecule has 0 aromatic heterocycles. The largest absolute Gasteiger partial charge is 0.397 e. The number of hydrogen-bond acceptors (Lipinski definition) is 2. The molecule has 1 aromatic rings. The predicted molar refractivity (Wildman–Crippen MR) is 80.5 cm³/mol. The smallest absolute Gasteiger partial charge is 0.0614 e. The fraction of sp³-hybridized carbons (Fsp3) is 0.571. The van der Waals surface area contributed by atoms with Gasteiger partial charge in [-0.05, 0) is 37.8 Å². The van der Waals surface area contributed by atoms with Gasteiger partial charge in [-0.15, -0.1) is 0 Å². The van der Waals surface area contributed by atoms with Crippen LogP contribution in [0.15, 0.2) is 12.1 Å². The Kier molecular flexibility index (Phi) is 4.63. The Labute approximate surface area is 119 Å². The zero-order chi connectivity index (χ0) is 13.1. The maximum Gasteiger partial charge on any atom is 0.0614 e. The monoisotopic (exact) mass is 286 g/mol. The van der Waals surface area contributed by atoms with E-state index in [1.54, 1.807) is 6.07 Å². The first-order chi connectivity index (χ1) is 8.58. The van der Waals surface area contributed by atoms with Gasteiger partial charge in [-0.1, -0.05) is 42.5 Å². The summed E-state index contributed by atoms with van der Waals surface area (Å²) in [7, 11) is 0. The highest BCUT2D eigenvalue weighted by atomic mass is 35.5. The van der Waals surface area contributed by atoms with E-state index in [-0.39, 0.29) is 0 Å². The van der Waals surface area contributed by atoms with Crippen LogP contribution in [-0.4, -0.2) is 6.04 Å². The van der Waals surface area contributed by atoms with E-state index < -0.39 is 0 Å². The molecule has 1 aliphatic carbocycles. The molecule has 3 N–H and O–H groups in total. The second kappa shape index (κ2) is 6.03. The van der Waals surface area contributed by atoms with Crippen molar-refractivity contribution >= 4 is 34.6 Å². The van der Waals surface area contributed by atoms with Crippen LogP contribution in [-0.2, 0) is 0 Å². The van der Waals surface area contributed by atoms with E-state index >= 15 is 0 Å². The molecule has 1 atom stereocenters. The minimum absolute atomic E-state index is 0.421. The van der Waals surface area contributed by atoms with Crippen LogP contribution < -0.4 is 11.1 Å². The third-order valence-electron chi connectivity index (χ3n) is 3.83. The molecule has 0 bridgehead atoms. The van der Waals surface area contributed by atoms with Crippen LogP contribution in [0.1, 0.15) is 39.0 Å². The van der Waals surface area contributed by atoms with Gasteiger partial charge < -0.3 is 11.1 Å². The molecule has 2 nitrogen and oxygen atoms in total.